The van der Waals surface area contributed by atoms with Crippen molar-refractivity contribution in [2.24, 2.45) is 22.2 Å². The van der Waals surface area contributed by atoms with Crippen molar-refractivity contribution < 1.29 is 0 Å². The summed E-state index contributed by atoms with van der Waals surface area (Å²) in [5.74, 6) is 1.91. The molecule has 4 rings (SSSR count). The quantitative estimate of drug-likeness (QED) is 0.617. The van der Waals surface area contributed by atoms with E-state index in [-0.39, 0.29) is 0 Å². The molecule has 0 aromatic heterocycles. The number of fused-ring (bicyclic) bond motifs is 2. The normalized spacial score (nSPS) is 45.6. The first-order valence-corrected chi connectivity index (χ1v) is 5.86. The molecule has 1 atom stereocenters. The second-order valence-electron chi connectivity index (χ2n) is 5.41. The van der Waals surface area contributed by atoms with Gasteiger partial charge in [0.15, 0.2) is 0 Å². The molecule has 0 aromatic rings. The minimum Gasteiger partial charge on any atom is -0.307 e. The third-order valence-corrected chi connectivity index (χ3v) is 4.70. The fourth-order valence-electron chi connectivity index (χ4n) is 3.96. The average molecular weight is 190 g/mol. The highest BCUT2D eigenvalue weighted by Crippen LogP contribution is 2.55. The van der Waals surface area contributed by atoms with Gasteiger partial charge in [0.25, 0.3) is 0 Å². The highest BCUT2D eigenvalue weighted by Gasteiger charge is 2.49. The lowest BCUT2D eigenvalue weighted by Gasteiger charge is -2.49. The molecule has 1 aliphatic heterocycles. The van der Waals surface area contributed by atoms with E-state index in [2.05, 4.69) is 4.99 Å². The summed E-state index contributed by atoms with van der Waals surface area (Å²) in [5.41, 5.74) is 1.56. The van der Waals surface area contributed by atoms with Gasteiger partial charge < -0.3 is 5.41 Å². The first-order chi connectivity index (χ1) is 6.82. The van der Waals surface area contributed by atoms with E-state index in [1.165, 1.54) is 38.3 Å². The van der Waals surface area contributed by atoms with Crippen molar-refractivity contribution in [2.75, 3.05) is 6.54 Å². The number of nitrogens with one attached hydrogen (secondary N) is 1. The van der Waals surface area contributed by atoms with Crippen LogP contribution in [-0.4, -0.2) is 18.5 Å². The van der Waals surface area contributed by atoms with Crippen molar-refractivity contribution in [3.8, 4) is 0 Å². The zero-order chi connectivity index (χ0) is 9.60. The van der Waals surface area contributed by atoms with Gasteiger partial charge in [-0.1, -0.05) is 12.8 Å². The van der Waals surface area contributed by atoms with Crippen LogP contribution in [0.2, 0.25) is 0 Å². The summed E-state index contributed by atoms with van der Waals surface area (Å²) in [6.07, 6.45) is 9.78. The van der Waals surface area contributed by atoms with Gasteiger partial charge in [-0.3, -0.25) is 4.99 Å². The van der Waals surface area contributed by atoms with Crippen molar-refractivity contribution >= 4 is 11.9 Å². The van der Waals surface area contributed by atoms with Gasteiger partial charge in [0.2, 0.25) is 0 Å². The second-order valence-corrected chi connectivity index (χ2v) is 5.41. The van der Waals surface area contributed by atoms with E-state index >= 15 is 0 Å². The molecule has 1 N–H and O–H groups in total. The van der Waals surface area contributed by atoms with Crippen LogP contribution >= 0.6 is 0 Å². The van der Waals surface area contributed by atoms with Gasteiger partial charge in [-0.2, -0.15) is 0 Å². The summed E-state index contributed by atoms with van der Waals surface area (Å²) >= 11 is 0. The van der Waals surface area contributed by atoms with Crippen LogP contribution < -0.4 is 0 Å². The summed E-state index contributed by atoms with van der Waals surface area (Å²) in [7, 11) is 0. The molecule has 1 unspecified atom stereocenters. The Bertz CT molecular complexity index is 287. The van der Waals surface area contributed by atoms with Gasteiger partial charge in [0, 0.05) is 12.8 Å². The molecule has 1 spiro atoms. The Morgan fingerprint density at radius 3 is 2.57 bits per heavy atom. The minimum atomic E-state index is 0.508. The van der Waals surface area contributed by atoms with Crippen LogP contribution in [0.1, 0.15) is 38.5 Å². The number of hydrogen-bond donors (Lipinski definition) is 1. The van der Waals surface area contributed by atoms with Crippen LogP contribution in [0.3, 0.4) is 0 Å². The van der Waals surface area contributed by atoms with Crippen LogP contribution in [0, 0.1) is 22.7 Å². The zero-order valence-electron chi connectivity index (χ0n) is 8.63. The SMILES string of the molecule is N=CC1=NCC2(C1)CC1CCC2CC1. The molecule has 1 heterocycles. The fraction of sp³-hybridized carbons (Fsp3) is 0.833. The third-order valence-electron chi connectivity index (χ3n) is 4.70. The predicted octanol–water partition coefficient (Wildman–Crippen LogP) is 2.68. The van der Waals surface area contributed by atoms with Crippen LogP contribution in [0.4, 0.5) is 0 Å². The molecule has 2 bridgehead atoms. The topological polar surface area (TPSA) is 36.2 Å². The molecule has 4 aliphatic rings. The van der Waals surface area contributed by atoms with Gasteiger partial charge in [-0.05, 0) is 42.9 Å². The monoisotopic (exact) mass is 190 g/mol. The summed E-state index contributed by atoms with van der Waals surface area (Å²) in [4.78, 5) is 4.52. The molecule has 76 valence electrons. The van der Waals surface area contributed by atoms with E-state index in [9.17, 15) is 0 Å². The molecular formula is C12H18N2. The number of hydrogen-bond acceptors (Lipinski definition) is 2. The van der Waals surface area contributed by atoms with Gasteiger partial charge in [0.05, 0.1) is 5.71 Å². The molecule has 3 aliphatic carbocycles. The first-order valence-electron chi connectivity index (χ1n) is 5.86. The summed E-state index contributed by atoms with van der Waals surface area (Å²) in [5, 5.41) is 7.28. The standard InChI is InChI=1S/C12H18N2/c13-7-11-6-12(8-14-11)5-9-1-3-10(12)4-2-9/h7,9-10,13H,1-6,8H2. The molecule has 3 saturated carbocycles. The largest absolute Gasteiger partial charge is 0.307 e. The Morgan fingerprint density at radius 1 is 1.29 bits per heavy atom. The maximum Gasteiger partial charge on any atom is 0.0530 e. The molecule has 2 heteroatoms. The Kier molecular flexibility index (Phi) is 1.80. The lowest BCUT2D eigenvalue weighted by molar-refractivity contribution is 0.0203. The first kappa shape index (κ1) is 8.63. The Balaban J connectivity index is 1.83. The van der Waals surface area contributed by atoms with Gasteiger partial charge in [0.1, 0.15) is 0 Å². The Morgan fingerprint density at radius 2 is 2.07 bits per heavy atom. The van der Waals surface area contributed by atoms with Crippen molar-refractivity contribution in [2.45, 2.75) is 38.5 Å². The van der Waals surface area contributed by atoms with Crippen molar-refractivity contribution in [1.29, 1.82) is 5.41 Å². The predicted molar refractivity (Wildman–Crippen MR) is 58.2 cm³/mol. The summed E-state index contributed by atoms with van der Waals surface area (Å²) < 4.78 is 0. The van der Waals surface area contributed by atoms with Crippen molar-refractivity contribution in [1.82, 2.24) is 0 Å². The summed E-state index contributed by atoms with van der Waals surface area (Å²) in [6, 6.07) is 0. The van der Waals surface area contributed by atoms with E-state index in [4.69, 9.17) is 5.41 Å². The Labute approximate surface area is 85.3 Å². The van der Waals surface area contributed by atoms with E-state index in [0.29, 0.717) is 5.41 Å². The van der Waals surface area contributed by atoms with E-state index in [1.54, 1.807) is 0 Å². The van der Waals surface area contributed by atoms with Gasteiger partial charge in [-0.25, -0.2) is 0 Å². The number of rotatable bonds is 1. The molecule has 0 amide bonds. The molecule has 0 aromatic carbocycles. The summed E-state index contributed by atoms with van der Waals surface area (Å²) in [6.45, 7) is 1.03. The smallest absolute Gasteiger partial charge is 0.0530 e. The van der Waals surface area contributed by atoms with Gasteiger partial charge >= 0.3 is 0 Å². The molecule has 0 radical (unpaired) electrons. The van der Waals surface area contributed by atoms with Crippen LogP contribution in [0.25, 0.3) is 0 Å². The highest BCUT2D eigenvalue weighted by molar-refractivity contribution is 6.30. The van der Waals surface area contributed by atoms with E-state index in [1.807, 2.05) is 0 Å². The molecule has 0 saturated heterocycles. The maximum atomic E-state index is 7.28. The highest BCUT2D eigenvalue weighted by atomic mass is 14.8. The van der Waals surface area contributed by atoms with Gasteiger partial charge in [-0.15, -0.1) is 0 Å². The van der Waals surface area contributed by atoms with Crippen LogP contribution in [0.15, 0.2) is 4.99 Å². The van der Waals surface area contributed by atoms with Crippen molar-refractivity contribution in [3.63, 3.8) is 0 Å². The van der Waals surface area contributed by atoms with Crippen LogP contribution in [0.5, 0.6) is 0 Å². The fourth-order valence-corrected chi connectivity index (χ4v) is 3.96. The van der Waals surface area contributed by atoms with E-state index in [0.717, 1.165) is 30.5 Å². The van der Waals surface area contributed by atoms with Crippen molar-refractivity contribution in [3.05, 3.63) is 0 Å². The minimum absolute atomic E-state index is 0.508. The Hall–Kier alpha value is -0.660. The molecule has 3 fully saturated rings. The number of aliphatic imine (C=N–C) groups is 1. The third kappa shape index (κ3) is 1.09. The molecule has 14 heavy (non-hydrogen) atoms. The molecule has 2 nitrogen and oxygen atoms in total. The zero-order valence-corrected chi connectivity index (χ0v) is 8.63. The maximum absolute atomic E-state index is 7.28. The van der Waals surface area contributed by atoms with E-state index < -0.39 is 0 Å². The second kappa shape index (κ2) is 2.91. The lowest BCUT2D eigenvalue weighted by atomic mass is 9.55. The number of nitrogens with zero attached hydrogens (tertiary/aromatic N) is 1. The van der Waals surface area contributed by atoms with Crippen LogP contribution in [-0.2, 0) is 0 Å². The molecular weight excluding hydrogens is 172 g/mol. The average Bonchev–Trinajstić information content (AvgIpc) is 2.63. The lowest BCUT2D eigenvalue weighted by Crippen LogP contribution is -2.42.